The topological polar surface area (TPSA) is 60.8 Å². The molecule has 0 aliphatic carbocycles. The van der Waals surface area contributed by atoms with E-state index in [1.807, 2.05) is 0 Å². The summed E-state index contributed by atoms with van der Waals surface area (Å²) in [5, 5.41) is 17.6. The number of alkyl halides is 3. The summed E-state index contributed by atoms with van der Waals surface area (Å²) in [7, 11) is 0. The number of aliphatic hydroxyl groups is 1. The van der Waals surface area contributed by atoms with E-state index in [9.17, 15) is 18.0 Å². The van der Waals surface area contributed by atoms with Crippen LogP contribution < -0.4 is 0 Å². The van der Waals surface area contributed by atoms with Crippen molar-refractivity contribution in [3.05, 3.63) is 0 Å². The normalized spacial score (nSPS) is 29.3. The van der Waals surface area contributed by atoms with Crippen molar-refractivity contribution >= 4 is 5.97 Å². The monoisotopic (exact) mass is 241 g/mol. The first-order valence-corrected chi connectivity index (χ1v) is 4.91. The molecule has 7 heteroatoms. The van der Waals surface area contributed by atoms with Crippen molar-refractivity contribution in [2.75, 3.05) is 19.6 Å². The maximum absolute atomic E-state index is 12.1. The van der Waals surface area contributed by atoms with Crippen LogP contribution in [0.25, 0.3) is 0 Å². The van der Waals surface area contributed by atoms with Crippen LogP contribution in [-0.2, 0) is 4.79 Å². The van der Waals surface area contributed by atoms with Gasteiger partial charge < -0.3 is 10.2 Å². The third-order valence-electron chi connectivity index (χ3n) is 2.81. The number of hydrogen-bond donors (Lipinski definition) is 2. The highest BCUT2D eigenvalue weighted by atomic mass is 19.4. The molecule has 2 N–H and O–H groups in total. The Hall–Kier alpha value is -0.820. The molecule has 1 aliphatic rings. The largest absolute Gasteiger partial charge is 0.481 e. The second-order valence-corrected chi connectivity index (χ2v) is 4.20. The SMILES string of the molecule is C[C@@H]1CN(CC(O)C(F)(F)F)C[C@H]1C(=O)O. The molecule has 1 saturated heterocycles. The molecule has 1 fully saturated rings. The lowest BCUT2D eigenvalue weighted by atomic mass is 9.99. The van der Waals surface area contributed by atoms with Gasteiger partial charge in [-0.1, -0.05) is 6.92 Å². The fraction of sp³-hybridized carbons (Fsp3) is 0.889. The highest BCUT2D eigenvalue weighted by Crippen LogP contribution is 2.26. The Balaban J connectivity index is 2.51. The molecule has 0 aromatic heterocycles. The lowest BCUT2D eigenvalue weighted by molar-refractivity contribution is -0.207. The lowest BCUT2D eigenvalue weighted by Crippen LogP contribution is -2.40. The van der Waals surface area contributed by atoms with Gasteiger partial charge in [-0.25, -0.2) is 0 Å². The van der Waals surface area contributed by atoms with Gasteiger partial charge >= 0.3 is 12.1 Å². The molecule has 1 unspecified atom stereocenters. The summed E-state index contributed by atoms with van der Waals surface area (Å²) in [5.41, 5.74) is 0. The molecule has 1 heterocycles. The van der Waals surface area contributed by atoms with Crippen LogP contribution in [0.2, 0.25) is 0 Å². The second kappa shape index (κ2) is 4.58. The van der Waals surface area contributed by atoms with Crippen molar-refractivity contribution in [1.82, 2.24) is 4.90 Å². The summed E-state index contributed by atoms with van der Waals surface area (Å²) in [4.78, 5) is 12.1. The standard InChI is InChI=1S/C9H14F3NO3/c1-5-2-13(3-6(5)8(15)16)4-7(14)9(10,11)12/h5-7,14H,2-4H2,1H3,(H,15,16)/t5-,6-,7?/m1/s1. The maximum atomic E-state index is 12.1. The van der Waals surface area contributed by atoms with Gasteiger partial charge in [0.2, 0.25) is 0 Å². The molecule has 3 atom stereocenters. The first-order valence-electron chi connectivity index (χ1n) is 4.91. The molecule has 0 radical (unpaired) electrons. The zero-order chi connectivity index (χ0) is 12.5. The van der Waals surface area contributed by atoms with Gasteiger partial charge in [0.25, 0.3) is 0 Å². The zero-order valence-corrected chi connectivity index (χ0v) is 8.74. The number of likely N-dealkylation sites (tertiary alicyclic amines) is 1. The van der Waals surface area contributed by atoms with E-state index in [2.05, 4.69) is 0 Å². The van der Waals surface area contributed by atoms with Crippen LogP contribution in [-0.4, -0.2) is 53.0 Å². The first-order chi connectivity index (χ1) is 7.21. The van der Waals surface area contributed by atoms with E-state index >= 15 is 0 Å². The molecule has 0 aromatic carbocycles. The Morgan fingerprint density at radius 3 is 2.44 bits per heavy atom. The van der Waals surface area contributed by atoms with Gasteiger partial charge in [0.1, 0.15) is 0 Å². The zero-order valence-electron chi connectivity index (χ0n) is 8.74. The number of carboxylic acid groups (broad SMARTS) is 1. The first kappa shape index (κ1) is 13.2. The van der Waals surface area contributed by atoms with Crippen LogP contribution in [0.5, 0.6) is 0 Å². The van der Waals surface area contributed by atoms with Gasteiger partial charge in [-0.15, -0.1) is 0 Å². The van der Waals surface area contributed by atoms with Gasteiger partial charge in [0.15, 0.2) is 6.10 Å². The van der Waals surface area contributed by atoms with Crippen molar-refractivity contribution in [2.45, 2.75) is 19.2 Å². The average Bonchev–Trinajstić information content (AvgIpc) is 2.45. The molecule has 4 nitrogen and oxygen atoms in total. The number of aliphatic hydroxyl groups excluding tert-OH is 1. The quantitative estimate of drug-likeness (QED) is 0.758. The Morgan fingerprint density at radius 1 is 1.50 bits per heavy atom. The maximum Gasteiger partial charge on any atom is 0.415 e. The smallest absolute Gasteiger partial charge is 0.415 e. The molecule has 0 bridgehead atoms. The number of carbonyl (C=O) groups is 1. The Kier molecular flexibility index (Phi) is 3.80. The molecule has 16 heavy (non-hydrogen) atoms. The number of halogens is 3. The van der Waals surface area contributed by atoms with E-state index < -0.39 is 30.7 Å². The summed E-state index contributed by atoms with van der Waals surface area (Å²) < 4.78 is 36.2. The van der Waals surface area contributed by atoms with Crippen LogP contribution in [0, 0.1) is 11.8 Å². The highest BCUT2D eigenvalue weighted by molar-refractivity contribution is 5.71. The molecule has 94 valence electrons. The van der Waals surface area contributed by atoms with Crippen molar-refractivity contribution in [3.63, 3.8) is 0 Å². The summed E-state index contributed by atoms with van der Waals surface area (Å²) in [6.07, 6.45) is -7.06. The summed E-state index contributed by atoms with van der Waals surface area (Å²) in [5.74, 6) is -1.85. The minimum Gasteiger partial charge on any atom is -0.481 e. The molecule has 1 rings (SSSR count). The number of hydrogen-bond acceptors (Lipinski definition) is 3. The van der Waals surface area contributed by atoms with Crippen molar-refractivity contribution in [1.29, 1.82) is 0 Å². The van der Waals surface area contributed by atoms with E-state index in [0.29, 0.717) is 0 Å². The molecule has 1 aliphatic heterocycles. The van der Waals surface area contributed by atoms with Crippen LogP contribution in [0.1, 0.15) is 6.92 Å². The van der Waals surface area contributed by atoms with Gasteiger partial charge in [-0.3, -0.25) is 9.69 Å². The summed E-state index contributed by atoms with van der Waals surface area (Å²) in [6.45, 7) is 1.45. The number of nitrogens with zero attached hydrogens (tertiary/aromatic N) is 1. The van der Waals surface area contributed by atoms with E-state index in [1.165, 1.54) is 4.90 Å². The van der Waals surface area contributed by atoms with Crippen molar-refractivity contribution in [2.24, 2.45) is 11.8 Å². The Labute approximate surface area is 90.7 Å². The Morgan fingerprint density at radius 2 is 2.06 bits per heavy atom. The summed E-state index contributed by atoms with van der Waals surface area (Å²) >= 11 is 0. The van der Waals surface area contributed by atoms with Gasteiger partial charge in [0.05, 0.1) is 5.92 Å². The lowest BCUT2D eigenvalue weighted by Gasteiger charge is -2.21. The number of β-amino-alcohol motifs (C(OH)–C–C–N with tert-alkyl or cyclic N) is 1. The highest BCUT2D eigenvalue weighted by Gasteiger charge is 2.42. The van der Waals surface area contributed by atoms with Gasteiger partial charge in [0, 0.05) is 19.6 Å². The van der Waals surface area contributed by atoms with Crippen LogP contribution in [0.3, 0.4) is 0 Å². The summed E-state index contributed by atoms with van der Waals surface area (Å²) in [6, 6.07) is 0. The molecular formula is C9H14F3NO3. The molecule has 0 amide bonds. The molecule has 0 spiro atoms. The second-order valence-electron chi connectivity index (χ2n) is 4.20. The average molecular weight is 241 g/mol. The third kappa shape index (κ3) is 3.08. The molecule has 0 aromatic rings. The Bertz CT molecular complexity index is 269. The predicted octanol–water partition coefficient (Wildman–Crippen LogP) is 0.562. The molecule has 0 saturated carbocycles. The fourth-order valence-corrected chi connectivity index (χ4v) is 1.89. The third-order valence-corrected chi connectivity index (χ3v) is 2.81. The van der Waals surface area contributed by atoms with Crippen LogP contribution in [0.4, 0.5) is 13.2 Å². The number of rotatable bonds is 3. The van der Waals surface area contributed by atoms with E-state index in [0.717, 1.165) is 0 Å². The van der Waals surface area contributed by atoms with Crippen LogP contribution >= 0.6 is 0 Å². The van der Waals surface area contributed by atoms with E-state index in [1.54, 1.807) is 6.92 Å². The van der Waals surface area contributed by atoms with Gasteiger partial charge in [-0.05, 0) is 5.92 Å². The van der Waals surface area contributed by atoms with E-state index in [-0.39, 0.29) is 19.0 Å². The van der Waals surface area contributed by atoms with Gasteiger partial charge in [-0.2, -0.15) is 13.2 Å². The predicted molar refractivity (Wildman–Crippen MR) is 48.8 cm³/mol. The van der Waals surface area contributed by atoms with Crippen LogP contribution in [0.15, 0.2) is 0 Å². The number of aliphatic carboxylic acids is 1. The minimum absolute atomic E-state index is 0.0592. The minimum atomic E-state index is -4.65. The molecular weight excluding hydrogens is 227 g/mol. The van der Waals surface area contributed by atoms with Crippen molar-refractivity contribution < 1.29 is 28.2 Å². The fourth-order valence-electron chi connectivity index (χ4n) is 1.89. The van der Waals surface area contributed by atoms with E-state index in [4.69, 9.17) is 10.2 Å². The number of carboxylic acids is 1. The van der Waals surface area contributed by atoms with Crippen molar-refractivity contribution in [3.8, 4) is 0 Å².